The third-order valence-corrected chi connectivity index (χ3v) is 5.02. The Morgan fingerprint density at radius 3 is 0.927 bits per heavy atom. The van der Waals surface area contributed by atoms with Crippen molar-refractivity contribution in [2.24, 2.45) is 0 Å². The quantitative estimate of drug-likeness (QED) is 0.221. The summed E-state index contributed by atoms with van der Waals surface area (Å²) < 4.78 is 0. The number of benzene rings is 2. The van der Waals surface area contributed by atoms with Gasteiger partial charge in [-0.05, 0) is 25.0 Å². The molecule has 0 aliphatic heterocycles. The minimum atomic E-state index is -1.12. The molecule has 4 heterocycles. The number of hydrogen-bond acceptors (Lipinski definition) is 8. The fraction of sp³-hybridized carbons (Fsp3) is 0.0714. The summed E-state index contributed by atoms with van der Waals surface area (Å²) in [5.74, 6) is 0.824. The molecule has 0 spiro atoms. The number of carboxylic acids is 2. The van der Waals surface area contributed by atoms with Crippen LogP contribution in [0.4, 0.5) is 0 Å². The Kier molecular flexibility index (Phi) is 13.0. The number of aryl methyl sites for hydroxylation is 2. The molecule has 0 saturated heterocycles. The number of hydrogen-bond donors (Lipinski definition) is 4. The average Bonchev–Trinajstić information content (AvgIpc) is 3.78. The molecule has 13 heteroatoms. The van der Waals surface area contributed by atoms with E-state index < -0.39 is 11.9 Å². The summed E-state index contributed by atoms with van der Waals surface area (Å²) in [6.45, 7) is 3.80. The van der Waals surface area contributed by atoms with Crippen LogP contribution in [0.25, 0.3) is 23.3 Å². The van der Waals surface area contributed by atoms with E-state index in [1.807, 2.05) is 13.8 Å². The second kappa shape index (κ2) is 16.6. The molecule has 213 valence electrons. The van der Waals surface area contributed by atoms with Gasteiger partial charge >= 0.3 is 17.1 Å². The van der Waals surface area contributed by atoms with E-state index in [-0.39, 0.29) is 28.2 Å². The van der Waals surface area contributed by atoms with Crippen LogP contribution in [0.2, 0.25) is 0 Å². The molecule has 0 saturated carbocycles. The van der Waals surface area contributed by atoms with Crippen molar-refractivity contribution in [3.8, 4) is 23.3 Å². The van der Waals surface area contributed by atoms with Crippen molar-refractivity contribution in [3.05, 3.63) is 120 Å². The average molecular weight is 602 g/mol. The first-order valence-corrected chi connectivity index (χ1v) is 11.9. The molecule has 0 atom stereocenters. The van der Waals surface area contributed by atoms with E-state index >= 15 is 0 Å². The Labute approximate surface area is 245 Å². The molecule has 0 bridgehead atoms. The van der Waals surface area contributed by atoms with E-state index in [9.17, 15) is 19.8 Å². The Hall–Kier alpha value is -5.26. The zero-order valence-corrected chi connectivity index (χ0v) is 22.9. The van der Waals surface area contributed by atoms with Crippen molar-refractivity contribution in [1.29, 1.82) is 0 Å². The van der Waals surface area contributed by atoms with E-state index in [1.54, 1.807) is 73.8 Å². The Morgan fingerprint density at radius 2 is 0.756 bits per heavy atom. The summed E-state index contributed by atoms with van der Waals surface area (Å²) in [6.07, 6.45) is 13.8. The van der Waals surface area contributed by atoms with Gasteiger partial charge < -0.3 is 39.7 Å². The van der Waals surface area contributed by atoms with Crippen LogP contribution in [-0.2, 0) is 17.1 Å². The maximum Gasteiger partial charge on any atom is 2.00 e. The second-order valence-corrected chi connectivity index (χ2v) is 8.06. The molecular weight excluding hydrogens is 576 g/mol. The normalized spacial score (nSPS) is 9.41. The first-order valence-electron chi connectivity index (χ1n) is 11.9. The van der Waals surface area contributed by atoms with Crippen LogP contribution in [0.1, 0.15) is 31.8 Å². The monoisotopic (exact) mass is 601 g/mol. The number of aromatic carboxylic acids is 2. The fourth-order valence-corrected chi connectivity index (χ4v) is 2.96. The molecule has 1 radical (unpaired) electrons. The molecule has 4 N–H and O–H groups in total. The molecular formula is C28H26CuN8O4. The molecule has 6 aromatic rings. The van der Waals surface area contributed by atoms with Gasteiger partial charge in [-0.2, -0.15) is 0 Å². The van der Waals surface area contributed by atoms with Gasteiger partial charge in [0, 0.05) is 49.6 Å². The number of carboxylic acid groups (broad SMARTS) is 2. The first-order chi connectivity index (χ1) is 19.3. The third-order valence-electron chi connectivity index (χ3n) is 5.02. The summed E-state index contributed by atoms with van der Waals surface area (Å²) in [7, 11) is 0. The molecule has 6 rings (SSSR count). The van der Waals surface area contributed by atoms with E-state index in [1.165, 1.54) is 24.3 Å². The fourth-order valence-electron chi connectivity index (χ4n) is 2.96. The predicted octanol–water partition coefficient (Wildman–Crippen LogP) is 2.31. The number of rotatable bonds is 4. The van der Waals surface area contributed by atoms with Gasteiger partial charge in [0.1, 0.15) is 0 Å². The summed E-state index contributed by atoms with van der Waals surface area (Å²) in [5.41, 5.74) is 2.55. The van der Waals surface area contributed by atoms with Gasteiger partial charge in [0.05, 0.1) is 11.9 Å². The van der Waals surface area contributed by atoms with Crippen LogP contribution < -0.4 is 10.2 Å². The largest absolute Gasteiger partial charge is 2.00 e. The molecule has 0 unspecified atom stereocenters. The van der Waals surface area contributed by atoms with Crippen molar-refractivity contribution < 1.29 is 36.9 Å². The van der Waals surface area contributed by atoms with E-state index in [0.29, 0.717) is 0 Å². The van der Waals surface area contributed by atoms with Crippen LogP contribution in [0, 0.1) is 13.8 Å². The van der Waals surface area contributed by atoms with Crippen molar-refractivity contribution >= 4 is 11.9 Å². The van der Waals surface area contributed by atoms with Gasteiger partial charge in [-0.15, -0.1) is 0 Å². The maximum absolute atomic E-state index is 10.2. The number of carbonyl (C=O) groups excluding carboxylic acids is 2. The molecule has 41 heavy (non-hydrogen) atoms. The second-order valence-electron chi connectivity index (χ2n) is 8.06. The van der Waals surface area contributed by atoms with Crippen LogP contribution in [0.5, 0.6) is 0 Å². The minimum absolute atomic E-state index is 0. The first kappa shape index (κ1) is 32.0. The van der Waals surface area contributed by atoms with E-state index in [2.05, 4.69) is 39.9 Å². The van der Waals surface area contributed by atoms with Gasteiger partial charge in [-0.25, -0.2) is 19.9 Å². The van der Waals surface area contributed by atoms with Crippen LogP contribution in [0.15, 0.2) is 98.1 Å². The van der Waals surface area contributed by atoms with Crippen molar-refractivity contribution in [2.45, 2.75) is 13.8 Å². The number of nitrogens with one attached hydrogen (secondary N) is 4. The maximum atomic E-state index is 10.2. The van der Waals surface area contributed by atoms with Gasteiger partial charge in [-0.3, -0.25) is 0 Å². The molecule has 0 amide bonds. The van der Waals surface area contributed by atoms with Crippen LogP contribution in [0.3, 0.4) is 0 Å². The summed E-state index contributed by atoms with van der Waals surface area (Å²) in [6, 6.07) is 13.1. The molecule has 12 nitrogen and oxygen atoms in total. The topological polar surface area (TPSA) is 195 Å². The SMILES string of the molecule is Cc1ccc(C(=O)[O-])cc1.Cc1ccc(C(=O)[O-])cc1.[Cu+2].c1c[nH]c(-c2ncc[nH]2)n1.c1c[nH]c(-c2ncc[nH]2)n1. The summed E-state index contributed by atoms with van der Waals surface area (Å²) in [5, 5.41) is 20.4. The van der Waals surface area contributed by atoms with Crippen molar-refractivity contribution in [1.82, 2.24) is 39.9 Å². The van der Waals surface area contributed by atoms with Crippen LogP contribution in [-0.4, -0.2) is 51.8 Å². The third kappa shape index (κ3) is 10.8. The molecule has 0 aliphatic carbocycles. The van der Waals surface area contributed by atoms with Gasteiger partial charge in [-0.1, -0.05) is 59.7 Å². The Morgan fingerprint density at radius 1 is 0.512 bits per heavy atom. The van der Waals surface area contributed by atoms with Gasteiger partial charge in [0.2, 0.25) is 0 Å². The number of aromatic nitrogens is 8. The number of aromatic amines is 4. The number of carbonyl (C=O) groups is 2. The molecule has 4 aromatic heterocycles. The molecule has 0 aliphatic rings. The summed E-state index contributed by atoms with van der Waals surface area (Å²) in [4.78, 5) is 48.2. The predicted molar refractivity (Wildman–Crippen MR) is 143 cm³/mol. The van der Waals surface area contributed by atoms with Crippen LogP contribution >= 0.6 is 0 Å². The van der Waals surface area contributed by atoms with Crippen molar-refractivity contribution in [3.63, 3.8) is 0 Å². The minimum Gasteiger partial charge on any atom is -0.545 e. The number of H-pyrrole nitrogens is 4. The van der Waals surface area contributed by atoms with Crippen molar-refractivity contribution in [2.75, 3.05) is 0 Å². The summed E-state index contributed by atoms with van der Waals surface area (Å²) >= 11 is 0. The van der Waals surface area contributed by atoms with Gasteiger partial charge in [0.15, 0.2) is 23.3 Å². The zero-order chi connectivity index (χ0) is 28.7. The van der Waals surface area contributed by atoms with E-state index in [0.717, 1.165) is 34.4 Å². The zero-order valence-electron chi connectivity index (χ0n) is 22.0. The van der Waals surface area contributed by atoms with Gasteiger partial charge in [0.25, 0.3) is 0 Å². The number of imidazole rings is 4. The molecule has 0 fully saturated rings. The molecule has 2 aromatic carbocycles. The number of nitrogens with zero attached hydrogens (tertiary/aromatic N) is 4. The Balaban J connectivity index is 0.000000190. The van der Waals surface area contributed by atoms with E-state index in [4.69, 9.17) is 0 Å². The smallest absolute Gasteiger partial charge is 0.545 e. The Bertz CT molecular complexity index is 1350. The standard InChI is InChI=1S/2C8H8O2.2C6H6N4.Cu/c2*1-6-2-4-7(5-3-6)8(9)10;2*1-2-8-5(7-1)6-9-3-4-10-6;/h2*2-5H,1H3,(H,9,10);2*1-4H,(H,7,8)(H,9,10);/q;;;;+2/p-2.